The topological polar surface area (TPSA) is 49.3 Å². The second-order valence-corrected chi connectivity index (χ2v) is 5.49. The first kappa shape index (κ1) is 12.6. The van der Waals surface area contributed by atoms with Crippen LogP contribution in [0.5, 0.6) is 0 Å². The van der Waals surface area contributed by atoms with Crippen LogP contribution < -0.4 is 5.32 Å². The van der Waals surface area contributed by atoms with Crippen LogP contribution in [-0.4, -0.2) is 16.6 Å². The average molecular weight is 298 g/mol. The molecule has 1 aromatic carbocycles. The minimum Gasteiger partial charge on any atom is -0.480 e. The Bertz CT molecular complexity index is 414. The van der Waals surface area contributed by atoms with Crippen molar-refractivity contribution in [3.05, 3.63) is 34.3 Å². The second-order valence-electron chi connectivity index (χ2n) is 4.58. The maximum absolute atomic E-state index is 11.3. The highest BCUT2D eigenvalue weighted by Gasteiger charge is 2.40. The molecule has 4 heteroatoms. The molecular formula is C13H16BrNO2. The van der Waals surface area contributed by atoms with E-state index >= 15 is 0 Å². The number of nitrogens with one attached hydrogen (secondary N) is 1. The number of carbonyl (C=O) groups is 1. The van der Waals surface area contributed by atoms with Gasteiger partial charge >= 0.3 is 5.97 Å². The van der Waals surface area contributed by atoms with Crippen molar-refractivity contribution in [2.24, 2.45) is 0 Å². The van der Waals surface area contributed by atoms with Crippen molar-refractivity contribution >= 4 is 21.9 Å². The van der Waals surface area contributed by atoms with Crippen LogP contribution in [0.25, 0.3) is 0 Å². The van der Waals surface area contributed by atoms with Gasteiger partial charge in [-0.15, -0.1) is 0 Å². The minimum atomic E-state index is -0.718. The van der Waals surface area contributed by atoms with Gasteiger partial charge in [0.05, 0.1) is 0 Å². The lowest BCUT2D eigenvalue weighted by atomic mass is 9.97. The Morgan fingerprint density at radius 3 is 2.71 bits per heavy atom. The molecule has 1 aliphatic carbocycles. The first-order valence-corrected chi connectivity index (χ1v) is 6.65. The molecule has 0 spiro atoms. The molecule has 92 valence electrons. The fourth-order valence-corrected chi connectivity index (χ4v) is 2.81. The van der Waals surface area contributed by atoms with Gasteiger partial charge in [0, 0.05) is 11.0 Å². The Balaban J connectivity index is 2.03. The highest BCUT2D eigenvalue weighted by molar-refractivity contribution is 9.10. The number of benzene rings is 1. The molecule has 0 aliphatic heterocycles. The standard InChI is InChI=1S/C13H16BrNO2/c14-11-5-3-4-10(8-11)9-15-13(12(16)17)6-1-2-7-13/h3-5,8,15H,1-2,6-7,9H2,(H,16,17). The molecule has 0 aromatic heterocycles. The maximum Gasteiger partial charge on any atom is 0.323 e. The average Bonchev–Trinajstić information content (AvgIpc) is 2.76. The van der Waals surface area contributed by atoms with E-state index in [4.69, 9.17) is 0 Å². The molecule has 0 radical (unpaired) electrons. The highest BCUT2D eigenvalue weighted by Crippen LogP contribution is 2.30. The van der Waals surface area contributed by atoms with E-state index in [9.17, 15) is 9.90 Å². The van der Waals surface area contributed by atoms with E-state index in [1.807, 2.05) is 24.3 Å². The summed E-state index contributed by atoms with van der Waals surface area (Å²) in [7, 11) is 0. The summed E-state index contributed by atoms with van der Waals surface area (Å²) < 4.78 is 1.02. The van der Waals surface area contributed by atoms with Gasteiger partial charge in [0.15, 0.2) is 0 Å². The molecule has 1 aromatic rings. The smallest absolute Gasteiger partial charge is 0.323 e. The predicted octanol–water partition coefficient (Wildman–Crippen LogP) is 2.94. The van der Waals surface area contributed by atoms with Gasteiger partial charge in [-0.3, -0.25) is 10.1 Å². The van der Waals surface area contributed by atoms with Crippen LogP contribution in [-0.2, 0) is 11.3 Å². The third-order valence-electron chi connectivity index (χ3n) is 3.39. The normalized spacial score (nSPS) is 18.2. The van der Waals surface area contributed by atoms with Gasteiger partial charge in [-0.2, -0.15) is 0 Å². The van der Waals surface area contributed by atoms with Crippen molar-refractivity contribution in [3.63, 3.8) is 0 Å². The molecule has 1 aliphatic rings. The van der Waals surface area contributed by atoms with Crippen molar-refractivity contribution in [1.29, 1.82) is 0 Å². The summed E-state index contributed by atoms with van der Waals surface area (Å²) in [6, 6.07) is 7.94. The number of carboxylic acid groups (broad SMARTS) is 1. The molecule has 0 unspecified atom stereocenters. The summed E-state index contributed by atoms with van der Waals surface area (Å²) in [5, 5.41) is 12.5. The van der Waals surface area contributed by atoms with E-state index in [2.05, 4.69) is 21.2 Å². The summed E-state index contributed by atoms with van der Waals surface area (Å²) in [6.45, 7) is 0.603. The monoisotopic (exact) mass is 297 g/mol. The largest absolute Gasteiger partial charge is 0.480 e. The lowest BCUT2D eigenvalue weighted by molar-refractivity contribution is -0.144. The van der Waals surface area contributed by atoms with Gasteiger partial charge in [0.25, 0.3) is 0 Å². The summed E-state index contributed by atoms with van der Waals surface area (Å²) >= 11 is 3.41. The lowest BCUT2D eigenvalue weighted by Crippen LogP contribution is -2.49. The number of hydrogen-bond acceptors (Lipinski definition) is 2. The van der Waals surface area contributed by atoms with Gasteiger partial charge in [0.2, 0.25) is 0 Å². The molecule has 2 N–H and O–H groups in total. The molecule has 3 nitrogen and oxygen atoms in total. The zero-order chi connectivity index (χ0) is 12.3. The summed E-state index contributed by atoms with van der Waals surface area (Å²) in [5.41, 5.74) is 0.398. The quantitative estimate of drug-likeness (QED) is 0.898. The second kappa shape index (κ2) is 5.19. The summed E-state index contributed by atoms with van der Waals surface area (Å²) in [4.78, 5) is 11.3. The first-order valence-electron chi connectivity index (χ1n) is 5.85. The van der Waals surface area contributed by atoms with E-state index in [-0.39, 0.29) is 0 Å². The Morgan fingerprint density at radius 1 is 1.41 bits per heavy atom. The molecule has 1 saturated carbocycles. The van der Waals surface area contributed by atoms with Gasteiger partial charge in [-0.1, -0.05) is 40.9 Å². The van der Waals surface area contributed by atoms with E-state index in [1.54, 1.807) is 0 Å². The van der Waals surface area contributed by atoms with E-state index in [0.29, 0.717) is 6.54 Å². The molecule has 0 atom stereocenters. The molecule has 0 bridgehead atoms. The van der Waals surface area contributed by atoms with Gasteiger partial charge in [0.1, 0.15) is 5.54 Å². The third-order valence-corrected chi connectivity index (χ3v) is 3.88. The molecule has 2 rings (SSSR count). The van der Waals surface area contributed by atoms with E-state index < -0.39 is 11.5 Å². The number of hydrogen-bond donors (Lipinski definition) is 2. The van der Waals surface area contributed by atoms with Crippen LogP contribution in [0.3, 0.4) is 0 Å². The summed E-state index contributed by atoms with van der Waals surface area (Å²) in [5.74, 6) is -0.718. The third kappa shape index (κ3) is 2.87. The van der Waals surface area contributed by atoms with Gasteiger partial charge in [-0.05, 0) is 30.5 Å². The fourth-order valence-electron chi connectivity index (χ4n) is 2.36. The Morgan fingerprint density at radius 2 is 2.12 bits per heavy atom. The van der Waals surface area contributed by atoms with Crippen LogP contribution in [0.2, 0.25) is 0 Å². The van der Waals surface area contributed by atoms with Crippen LogP contribution >= 0.6 is 15.9 Å². The van der Waals surface area contributed by atoms with Crippen molar-refractivity contribution in [1.82, 2.24) is 5.32 Å². The number of carboxylic acids is 1. The SMILES string of the molecule is O=C(O)C1(NCc2cccc(Br)c2)CCCC1. The first-order chi connectivity index (χ1) is 8.12. The Hall–Kier alpha value is -0.870. The van der Waals surface area contributed by atoms with Crippen molar-refractivity contribution in [3.8, 4) is 0 Å². The zero-order valence-electron chi connectivity index (χ0n) is 9.58. The molecule has 0 heterocycles. The molecular weight excluding hydrogens is 282 g/mol. The van der Waals surface area contributed by atoms with Crippen molar-refractivity contribution < 1.29 is 9.90 Å². The predicted molar refractivity (Wildman–Crippen MR) is 69.8 cm³/mol. The molecule has 0 saturated heterocycles. The number of aliphatic carboxylic acids is 1. The lowest BCUT2D eigenvalue weighted by Gasteiger charge is -2.25. The Labute approximate surface area is 109 Å². The van der Waals surface area contributed by atoms with Crippen molar-refractivity contribution in [2.75, 3.05) is 0 Å². The van der Waals surface area contributed by atoms with E-state index in [1.165, 1.54) is 0 Å². The minimum absolute atomic E-state index is 0.603. The highest BCUT2D eigenvalue weighted by atomic mass is 79.9. The van der Waals surface area contributed by atoms with Crippen LogP contribution in [0.15, 0.2) is 28.7 Å². The van der Waals surface area contributed by atoms with Crippen molar-refractivity contribution in [2.45, 2.75) is 37.8 Å². The number of halogens is 1. The fraction of sp³-hybridized carbons (Fsp3) is 0.462. The summed E-state index contributed by atoms with van der Waals surface area (Å²) in [6.07, 6.45) is 3.46. The maximum atomic E-state index is 11.3. The Kier molecular flexibility index (Phi) is 3.84. The van der Waals surface area contributed by atoms with Crippen LogP contribution in [0, 0.1) is 0 Å². The van der Waals surface area contributed by atoms with Crippen LogP contribution in [0.4, 0.5) is 0 Å². The molecule has 0 amide bonds. The van der Waals surface area contributed by atoms with Gasteiger partial charge in [-0.25, -0.2) is 0 Å². The molecule has 17 heavy (non-hydrogen) atoms. The van der Waals surface area contributed by atoms with Crippen LogP contribution in [0.1, 0.15) is 31.2 Å². The van der Waals surface area contributed by atoms with E-state index in [0.717, 1.165) is 35.7 Å². The zero-order valence-corrected chi connectivity index (χ0v) is 11.2. The molecule has 1 fully saturated rings. The number of rotatable bonds is 4. The van der Waals surface area contributed by atoms with Gasteiger partial charge < -0.3 is 5.11 Å².